The van der Waals surface area contributed by atoms with Gasteiger partial charge in [-0.2, -0.15) is 0 Å². The largest absolute Gasteiger partial charge is 0.314 e. The summed E-state index contributed by atoms with van der Waals surface area (Å²) in [6, 6.07) is 0.749. The molecule has 1 N–H and O–H groups in total. The van der Waals surface area contributed by atoms with E-state index in [1.165, 1.54) is 38.6 Å². The fraction of sp³-hybridized carbons (Fsp3) is 1.00. The van der Waals surface area contributed by atoms with Crippen molar-refractivity contribution in [1.82, 2.24) is 5.32 Å². The molecule has 0 aromatic heterocycles. The van der Waals surface area contributed by atoms with Gasteiger partial charge >= 0.3 is 0 Å². The van der Waals surface area contributed by atoms with Crippen molar-refractivity contribution in [2.24, 2.45) is 17.3 Å². The van der Waals surface area contributed by atoms with Crippen LogP contribution in [0.2, 0.25) is 0 Å². The second-order valence-corrected chi connectivity index (χ2v) is 5.98. The highest BCUT2D eigenvalue weighted by Crippen LogP contribution is 2.51. The summed E-state index contributed by atoms with van der Waals surface area (Å²) in [7, 11) is 0. The molecular weight excluding hydrogens is 170 g/mol. The first-order chi connectivity index (χ1) is 6.62. The molecule has 2 aliphatic rings. The summed E-state index contributed by atoms with van der Waals surface area (Å²) >= 11 is 0. The number of hydrogen-bond donors (Lipinski definition) is 1. The summed E-state index contributed by atoms with van der Waals surface area (Å²) in [5.41, 5.74) is 0.678. The van der Waals surface area contributed by atoms with Crippen molar-refractivity contribution in [2.45, 2.75) is 58.9 Å². The van der Waals surface area contributed by atoms with Crippen molar-refractivity contribution in [2.75, 3.05) is 6.54 Å². The second kappa shape index (κ2) is 3.84. The van der Waals surface area contributed by atoms with Crippen LogP contribution in [0.15, 0.2) is 0 Å². The Morgan fingerprint density at radius 2 is 1.86 bits per heavy atom. The van der Waals surface area contributed by atoms with Crippen LogP contribution in [-0.2, 0) is 0 Å². The van der Waals surface area contributed by atoms with Gasteiger partial charge in [-0.05, 0) is 43.4 Å². The summed E-state index contributed by atoms with van der Waals surface area (Å²) in [6.45, 7) is 8.37. The zero-order chi connectivity index (χ0) is 10.2. The third-order valence-corrected chi connectivity index (χ3v) is 4.30. The minimum atomic E-state index is 0.678. The van der Waals surface area contributed by atoms with Crippen LogP contribution in [0.1, 0.15) is 52.9 Å². The van der Waals surface area contributed by atoms with E-state index in [2.05, 4.69) is 26.1 Å². The molecule has 14 heavy (non-hydrogen) atoms. The fourth-order valence-corrected chi connectivity index (χ4v) is 2.43. The van der Waals surface area contributed by atoms with Gasteiger partial charge in [0.15, 0.2) is 0 Å². The third kappa shape index (κ3) is 2.50. The zero-order valence-electron chi connectivity index (χ0n) is 9.97. The standard InChI is InChI=1S/C13H25N/c1-10(2)13(6-7-13)9-14-11(3)8-12-4-5-12/h10-12,14H,4-9H2,1-3H3. The summed E-state index contributed by atoms with van der Waals surface area (Å²) in [5.74, 6) is 1.93. The lowest BCUT2D eigenvalue weighted by Gasteiger charge is -2.23. The van der Waals surface area contributed by atoms with Gasteiger partial charge in [-0.15, -0.1) is 0 Å². The van der Waals surface area contributed by atoms with Crippen LogP contribution < -0.4 is 5.32 Å². The van der Waals surface area contributed by atoms with E-state index in [0.717, 1.165) is 17.9 Å². The molecule has 0 saturated heterocycles. The molecule has 0 aromatic carbocycles. The Kier molecular flexibility index (Phi) is 2.88. The van der Waals surface area contributed by atoms with Gasteiger partial charge in [-0.3, -0.25) is 0 Å². The Balaban J connectivity index is 1.65. The Labute approximate surface area is 88.7 Å². The molecule has 0 heterocycles. The molecule has 82 valence electrons. The number of rotatable bonds is 6. The topological polar surface area (TPSA) is 12.0 Å². The third-order valence-electron chi connectivity index (χ3n) is 4.30. The molecule has 2 saturated carbocycles. The van der Waals surface area contributed by atoms with Gasteiger partial charge in [0.05, 0.1) is 0 Å². The molecule has 2 rings (SSSR count). The summed E-state index contributed by atoms with van der Waals surface area (Å²) < 4.78 is 0. The highest BCUT2D eigenvalue weighted by molar-refractivity contribution is 4.97. The maximum Gasteiger partial charge on any atom is 0.00415 e. The van der Waals surface area contributed by atoms with Crippen LogP contribution in [0.25, 0.3) is 0 Å². The van der Waals surface area contributed by atoms with E-state index in [9.17, 15) is 0 Å². The summed E-state index contributed by atoms with van der Waals surface area (Å²) in [6.07, 6.45) is 7.29. The van der Waals surface area contributed by atoms with Crippen LogP contribution in [-0.4, -0.2) is 12.6 Å². The molecule has 1 heteroatoms. The SMILES string of the molecule is CC(CC1CC1)NCC1(C(C)C)CC1. The molecular formula is C13H25N. The van der Waals surface area contributed by atoms with Crippen molar-refractivity contribution in [1.29, 1.82) is 0 Å². The van der Waals surface area contributed by atoms with Gasteiger partial charge in [0.2, 0.25) is 0 Å². The second-order valence-electron chi connectivity index (χ2n) is 5.98. The Bertz CT molecular complexity index is 189. The summed E-state index contributed by atoms with van der Waals surface area (Å²) in [4.78, 5) is 0. The molecule has 0 radical (unpaired) electrons. The maximum absolute atomic E-state index is 3.74. The molecule has 2 fully saturated rings. The van der Waals surface area contributed by atoms with Crippen molar-refractivity contribution in [3.8, 4) is 0 Å². The van der Waals surface area contributed by atoms with E-state index < -0.39 is 0 Å². The lowest BCUT2D eigenvalue weighted by molar-refractivity contribution is 0.317. The van der Waals surface area contributed by atoms with E-state index in [1.54, 1.807) is 0 Å². The van der Waals surface area contributed by atoms with Crippen molar-refractivity contribution >= 4 is 0 Å². The highest BCUT2D eigenvalue weighted by atomic mass is 14.9. The van der Waals surface area contributed by atoms with Crippen LogP contribution in [0.3, 0.4) is 0 Å². The molecule has 1 atom stereocenters. The smallest absolute Gasteiger partial charge is 0.00415 e. The van der Waals surface area contributed by atoms with Gasteiger partial charge < -0.3 is 5.32 Å². The van der Waals surface area contributed by atoms with Crippen LogP contribution >= 0.6 is 0 Å². The lowest BCUT2D eigenvalue weighted by Crippen LogP contribution is -2.34. The van der Waals surface area contributed by atoms with Crippen molar-refractivity contribution < 1.29 is 0 Å². The molecule has 0 amide bonds. The van der Waals surface area contributed by atoms with E-state index in [-0.39, 0.29) is 0 Å². The lowest BCUT2D eigenvalue weighted by atomic mass is 9.92. The first kappa shape index (κ1) is 10.5. The van der Waals surface area contributed by atoms with Gasteiger partial charge in [0.25, 0.3) is 0 Å². The zero-order valence-corrected chi connectivity index (χ0v) is 9.97. The van der Waals surface area contributed by atoms with Gasteiger partial charge in [-0.25, -0.2) is 0 Å². The monoisotopic (exact) mass is 195 g/mol. The predicted octanol–water partition coefficient (Wildman–Crippen LogP) is 3.20. The van der Waals surface area contributed by atoms with E-state index in [0.29, 0.717) is 5.41 Å². The number of hydrogen-bond acceptors (Lipinski definition) is 1. The molecule has 2 aliphatic carbocycles. The quantitative estimate of drug-likeness (QED) is 0.686. The van der Waals surface area contributed by atoms with Gasteiger partial charge in [-0.1, -0.05) is 26.7 Å². The fourth-order valence-electron chi connectivity index (χ4n) is 2.43. The predicted molar refractivity (Wildman–Crippen MR) is 61.3 cm³/mol. The van der Waals surface area contributed by atoms with Gasteiger partial charge in [0.1, 0.15) is 0 Å². The Hall–Kier alpha value is -0.0400. The normalized spacial score (nSPS) is 26.6. The van der Waals surface area contributed by atoms with Crippen LogP contribution in [0.5, 0.6) is 0 Å². The van der Waals surface area contributed by atoms with Crippen molar-refractivity contribution in [3.05, 3.63) is 0 Å². The molecule has 1 nitrogen and oxygen atoms in total. The Morgan fingerprint density at radius 3 is 2.29 bits per heavy atom. The average molecular weight is 195 g/mol. The first-order valence-electron chi connectivity index (χ1n) is 6.36. The van der Waals surface area contributed by atoms with Crippen LogP contribution in [0.4, 0.5) is 0 Å². The van der Waals surface area contributed by atoms with Gasteiger partial charge in [0, 0.05) is 12.6 Å². The molecule has 0 bridgehead atoms. The number of nitrogens with one attached hydrogen (secondary N) is 1. The minimum absolute atomic E-state index is 0.678. The summed E-state index contributed by atoms with van der Waals surface area (Å²) in [5, 5.41) is 3.74. The van der Waals surface area contributed by atoms with Crippen molar-refractivity contribution in [3.63, 3.8) is 0 Å². The highest BCUT2D eigenvalue weighted by Gasteiger charge is 2.44. The minimum Gasteiger partial charge on any atom is -0.314 e. The molecule has 0 aliphatic heterocycles. The van der Waals surface area contributed by atoms with E-state index in [1.807, 2.05) is 0 Å². The maximum atomic E-state index is 3.74. The molecule has 1 unspecified atom stereocenters. The first-order valence-corrected chi connectivity index (χ1v) is 6.36. The Morgan fingerprint density at radius 1 is 1.21 bits per heavy atom. The molecule has 0 aromatic rings. The van der Waals surface area contributed by atoms with E-state index >= 15 is 0 Å². The average Bonchev–Trinajstić information content (AvgIpc) is 2.97. The molecule has 0 spiro atoms. The van der Waals surface area contributed by atoms with Crippen LogP contribution in [0, 0.1) is 17.3 Å². The van der Waals surface area contributed by atoms with E-state index in [4.69, 9.17) is 0 Å².